The zero-order valence-electron chi connectivity index (χ0n) is 9.49. The molecule has 1 N–H and O–H groups in total. The second-order valence-electron chi connectivity index (χ2n) is 4.35. The van der Waals surface area contributed by atoms with Gasteiger partial charge in [-0.25, -0.2) is 4.98 Å². The van der Waals surface area contributed by atoms with E-state index in [2.05, 4.69) is 29.2 Å². The average Bonchev–Trinajstić information content (AvgIpc) is 2.79. The molecule has 0 aromatic carbocycles. The van der Waals surface area contributed by atoms with Gasteiger partial charge in [-0.15, -0.1) is 11.3 Å². The van der Waals surface area contributed by atoms with Crippen molar-refractivity contribution < 1.29 is 0 Å². The normalized spacial score (nSPS) is 21.4. The highest BCUT2D eigenvalue weighted by molar-refractivity contribution is 7.09. The molecule has 0 radical (unpaired) electrons. The number of rotatable bonds is 4. The van der Waals surface area contributed by atoms with E-state index in [-0.39, 0.29) is 0 Å². The van der Waals surface area contributed by atoms with Crippen LogP contribution >= 0.6 is 11.3 Å². The maximum atomic E-state index is 4.28. The third kappa shape index (κ3) is 3.00. The van der Waals surface area contributed by atoms with Crippen LogP contribution in [-0.4, -0.2) is 36.1 Å². The van der Waals surface area contributed by atoms with Gasteiger partial charge in [0, 0.05) is 24.0 Å². The first-order valence-electron chi connectivity index (χ1n) is 5.56. The topological polar surface area (TPSA) is 28.2 Å². The Hall–Kier alpha value is -0.450. The van der Waals surface area contributed by atoms with Crippen LogP contribution in [0.5, 0.6) is 0 Å². The quantitative estimate of drug-likeness (QED) is 0.844. The van der Waals surface area contributed by atoms with Crippen molar-refractivity contribution in [3.8, 4) is 0 Å². The van der Waals surface area contributed by atoms with Crippen LogP contribution in [0.2, 0.25) is 0 Å². The van der Waals surface area contributed by atoms with E-state index >= 15 is 0 Å². The van der Waals surface area contributed by atoms with E-state index in [1.165, 1.54) is 30.0 Å². The molecule has 0 amide bonds. The van der Waals surface area contributed by atoms with E-state index in [9.17, 15) is 0 Å². The first kappa shape index (κ1) is 11.0. The highest BCUT2D eigenvalue weighted by atomic mass is 32.1. The molecule has 1 aromatic rings. The van der Waals surface area contributed by atoms with Crippen molar-refractivity contribution in [2.75, 3.05) is 20.1 Å². The molecular weight excluding hydrogens is 206 g/mol. The summed E-state index contributed by atoms with van der Waals surface area (Å²) in [6.45, 7) is 5.47. The largest absolute Gasteiger partial charge is 0.313 e. The SMILES string of the molecule is Cc1ncsc1CN(C)CC1CCCN1. The number of nitrogens with zero attached hydrogens (tertiary/aromatic N) is 2. The Morgan fingerprint density at radius 1 is 1.67 bits per heavy atom. The molecule has 1 atom stereocenters. The van der Waals surface area contributed by atoms with Gasteiger partial charge in [0.15, 0.2) is 0 Å². The predicted octanol–water partition coefficient (Wildman–Crippen LogP) is 1.64. The summed E-state index contributed by atoms with van der Waals surface area (Å²) >= 11 is 1.76. The van der Waals surface area contributed by atoms with Gasteiger partial charge in [-0.3, -0.25) is 4.90 Å². The third-order valence-corrected chi connectivity index (χ3v) is 3.87. The van der Waals surface area contributed by atoms with Gasteiger partial charge in [0.2, 0.25) is 0 Å². The lowest BCUT2D eigenvalue weighted by molar-refractivity contribution is 0.295. The highest BCUT2D eigenvalue weighted by Gasteiger charge is 2.16. The molecule has 1 aromatic heterocycles. The number of hydrogen-bond acceptors (Lipinski definition) is 4. The number of aryl methyl sites for hydroxylation is 1. The molecule has 4 heteroatoms. The lowest BCUT2D eigenvalue weighted by atomic mass is 10.2. The minimum atomic E-state index is 0.697. The van der Waals surface area contributed by atoms with Crippen molar-refractivity contribution in [1.82, 2.24) is 15.2 Å². The Kier molecular flexibility index (Phi) is 3.72. The number of nitrogens with one attached hydrogen (secondary N) is 1. The molecule has 1 saturated heterocycles. The van der Waals surface area contributed by atoms with Crippen molar-refractivity contribution >= 4 is 11.3 Å². The van der Waals surface area contributed by atoms with Gasteiger partial charge >= 0.3 is 0 Å². The Bertz CT molecular complexity index is 305. The summed E-state index contributed by atoms with van der Waals surface area (Å²) in [7, 11) is 2.19. The number of thiazole rings is 1. The summed E-state index contributed by atoms with van der Waals surface area (Å²) in [5.41, 5.74) is 3.12. The number of hydrogen-bond donors (Lipinski definition) is 1. The predicted molar refractivity (Wildman–Crippen MR) is 64.2 cm³/mol. The molecule has 1 aliphatic rings. The molecule has 2 heterocycles. The van der Waals surface area contributed by atoms with Crippen LogP contribution in [0.3, 0.4) is 0 Å². The first-order valence-corrected chi connectivity index (χ1v) is 6.44. The number of likely N-dealkylation sites (N-methyl/N-ethyl adjacent to an activating group) is 1. The molecule has 15 heavy (non-hydrogen) atoms. The molecular formula is C11H19N3S. The summed E-state index contributed by atoms with van der Waals surface area (Å²) in [6.07, 6.45) is 2.66. The Morgan fingerprint density at radius 3 is 3.13 bits per heavy atom. The summed E-state index contributed by atoms with van der Waals surface area (Å²) in [5.74, 6) is 0. The monoisotopic (exact) mass is 225 g/mol. The van der Waals surface area contributed by atoms with E-state index in [1.54, 1.807) is 11.3 Å². The number of aromatic nitrogens is 1. The average molecular weight is 225 g/mol. The maximum Gasteiger partial charge on any atom is 0.0798 e. The molecule has 0 bridgehead atoms. The van der Waals surface area contributed by atoms with Crippen LogP contribution in [0.1, 0.15) is 23.4 Å². The molecule has 1 unspecified atom stereocenters. The lowest BCUT2D eigenvalue weighted by Crippen LogP contribution is -2.34. The second kappa shape index (κ2) is 5.05. The lowest BCUT2D eigenvalue weighted by Gasteiger charge is -2.20. The standard InChI is InChI=1S/C11H19N3S/c1-9-11(15-8-13-9)7-14(2)6-10-4-3-5-12-10/h8,10,12H,3-7H2,1-2H3. The van der Waals surface area contributed by atoms with Gasteiger partial charge in [-0.05, 0) is 33.4 Å². The molecule has 0 spiro atoms. The van der Waals surface area contributed by atoms with Crippen LogP contribution in [0.15, 0.2) is 5.51 Å². The summed E-state index contributed by atoms with van der Waals surface area (Å²) in [6, 6.07) is 0.697. The minimum absolute atomic E-state index is 0.697. The van der Waals surface area contributed by atoms with Crippen molar-refractivity contribution in [3.63, 3.8) is 0 Å². The van der Waals surface area contributed by atoms with E-state index in [0.29, 0.717) is 6.04 Å². The van der Waals surface area contributed by atoms with Gasteiger partial charge in [0.1, 0.15) is 0 Å². The highest BCUT2D eigenvalue weighted by Crippen LogP contribution is 2.15. The van der Waals surface area contributed by atoms with E-state index in [0.717, 1.165) is 13.1 Å². The van der Waals surface area contributed by atoms with Crippen LogP contribution in [0, 0.1) is 6.92 Å². The van der Waals surface area contributed by atoms with Gasteiger partial charge in [-0.2, -0.15) is 0 Å². The van der Waals surface area contributed by atoms with Crippen molar-refractivity contribution in [2.24, 2.45) is 0 Å². The van der Waals surface area contributed by atoms with Crippen molar-refractivity contribution in [1.29, 1.82) is 0 Å². The Labute approximate surface area is 95.5 Å². The first-order chi connectivity index (χ1) is 7.25. The van der Waals surface area contributed by atoms with Gasteiger partial charge in [0.05, 0.1) is 11.2 Å². The van der Waals surface area contributed by atoms with E-state index in [4.69, 9.17) is 0 Å². The summed E-state index contributed by atoms with van der Waals surface area (Å²) < 4.78 is 0. The van der Waals surface area contributed by atoms with E-state index < -0.39 is 0 Å². The fourth-order valence-corrected chi connectivity index (χ4v) is 2.93. The molecule has 1 aliphatic heterocycles. The van der Waals surface area contributed by atoms with Gasteiger partial charge in [0.25, 0.3) is 0 Å². The van der Waals surface area contributed by atoms with Crippen LogP contribution in [0.4, 0.5) is 0 Å². The summed E-state index contributed by atoms with van der Waals surface area (Å²) in [5, 5.41) is 3.53. The second-order valence-corrected chi connectivity index (χ2v) is 5.29. The van der Waals surface area contributed by atoms with Gasteiger partial charge < -0.3 is 5.32 Å². The molecule has 0 aliphatic carbocycles. The fraction of sp³-hybridized carbons (Fsp3) is 0.727. The minimum Gasteiger partial charge on any atom is -0.313 e. The van der Waals surface area contributed by atoms with Crippen molar-refractivity contribution in [2.45, 2.75) is 32.4 Å². The van der Waals surface area contributed by atoms with Crippen LogP contribution < -0.4 is 5.32 Å². The molecule has 1 fully saturated rings. The molecule has 84 valence electrons. The third-order valence-electron chi connectivity index (χ3n) is 2.95. The zero-order chi connectivity index (χ0) is 10.7. The molecule has 3 nitrogen and oxygen atoms in total. The molecule has 0 saturated carbocycles. The molecule has 2 rings (SSSR count). The summed E-state index contributed by atoms with van der Waals surface area (Å²) in [4.78, 5) is 8.07. The maximum absolute atomic E-state index is 4.28. The van der Waals surface area contributed by atoms with Crippen LogP contribution in [-0.2, 0) is 6.54 Å². The van der Waals surface area contributed by atoms with Gasteiger partial charge in [-0.1, -0.05) is 0 Å². The van der Waals surface area contributed by atoms with Crippen molar-refractivity contribution in [3.05, 3.63) is 16.1 Å². The van der Waals surface area contributed by atoms with E-state index in [1.807, 2.05) is 5.51 Å². The van der Waals surface area contributed by atoms with Crippen LogP contribution in [0.25, 0.3) is 0 Å². The Balaban J connectivity index is 1.81. The fourth-order valence-electron chi connectivity index (χ4n) is 2.08. The zero-order valence-corrected chi connectivity index (χ0v) is 10.3. The smallest absolute Gasteiger partial charge is 0.0798 e. The Morgan fingerprint density at radius 2 is 2.53 bits per heavy atom.